The molecule has 0 radical (unpaired) electrons. The van der Waals surface area contributed by atoms with Gasteiger partial charge in [-0.25, -0.2) is 4.68 Å². The van der Waals surface area contributed by atoms with E-state index in [1.165, 1.54) is 13.8 Å². The average Bonchev–Trinajstić information content (AvgIpc) is 3.12. The second-order valence-corrected chi connectivity index (χ2v) is 6.22. The Morgan fingerprint density at radius 1 is 0.806 bits per heavy atom. The third kappa shape index (κ3) is 6.33. The van der Waals surface area contributed by atoms with Gasteiger partial charge in [0.1, 0.15) is 12.1 Å². The van der Waals surface area contributed by atoms with Crippen molar-refractivity contribution >= 4 is 11.9 Å². The molecular weight excluding hydrogens is 449 g/mol. The van der Waals surface area contributed by atoms with Gasteiger partial charge >= 0.3 is 18.5 Å². The standard InChI is InChI=1S/C15H16F9N7/c1-3-7(13(16,17)18)25-10-27-11(26-8(4-2)14(19,20)21)29-12(28-10)31-6-5-9(30-31)15(22,23)24/h5-8H,3-4H2,1-2H3,(H2,25,26,27,28,29). The van der Waals surface area contributed by atoms with Crippen molar-refractivity contribution in [3.05, 3.63) is 18.0 Å². The van der Waals surface area contributed by atoms with Gasteiger partial charge in [0.25, 0.3) is 5.95 Å². The van der Waals surface area contributed by atoms with Crippen molar-refractivity contribution in [2.75, 3.05) is 10.6 Å². The molecule has 0 aliphatic rings. The van der Waals surface area contributed by atoms with Crippen LogP contribution in [0.5, 0.6) is 0 Å². The first-order valence-electron chi connectivity index (χ1n) is 8.71. The number of hydrogen-bond acceptors (Lipinski definition) is 6. The fourth-order valence-electron chi connectivity index (χ4n) is 2.33. The molecule has 2 atom stereocenters. The van der Waals surface area contributed by atoms with Crippen LogP contribution in [0.4, 0.5) is 51.4 Å². The molecule has 2 heterocycles. The lowest BCUT2D eigenvalue weighted by atomic mass is 10.2. The van der Waals surface area contributed by atoms with E-state index in [4.69, 9.17) is 0 Å². The maximum absolute atomic E-state index is 13.0. The lowest BCUT2D eigenvalue weighted by Gasteiger charge is -2.22. The third-order valence-corrected chi connectivity index (χ3v) is 3.92. The number of nitrogens with one attached hydrogen (secondary N) is 2. The molecular formula is C15H16F9N7. The molecule has 0 aliphatic heterocycles. The third-order valence-electron chi connectivity index (χ3n) is 3.92. The molecule has 0 saturated heterocycles. The minimum absolute atomic E-state index is 0.462. The fraction of sp³-hybridized carbons (Fsp3) is 0.600. The number of rotatable bonds is 7. The predicted molar refractivity (Wildman–Crippen MR) is 89.5 cm³/mol. The van der Waals surface area contributed by atoms with Crippen LogP contribution in [0.2, 0.25) is 0 Å². The summed E-state index contributed by atoms with van der Waals surface area (Å²) in [6.45, 7) is 2.37. The van der Waals surface area contributed by atoms with Crippen LogP contribution < -0.4 is 10.6 Å². The van der Waals surface area contributed by atoms with E-state index < -0.39 is 67.0 Å². The van der Waals surface area contributed by atoms with Crippen molar-refractivity contribution in [1.82, 2.24) is 24.7 Å². The van der Waals surface area contributed by atoms with E-state index in [1.54, 1.807) is 0 Å². The van der Waals surface area contributed by atoms with E-state index in [2.05, 4.69) is 20.1 Å². The minimum atomic E-state index is -4.84. The molecule has 2 aromatic rings. The normalized spacial score (nSPS) is 14.9. The summed E-state index contributed by atoms with van der Waals surface area (Å²) in [6, 6.07) is -3.79. The molecule has 31 heavy (non-hydrogen) atoms. The number of nitrogens with zero attached hydrogens (tertiary/aromatic N) is 5. The van der Waals surface area contributed by atoms with Crippen LogP contribution in [0.3, 0.4) is 0 Å². The Bertz CT molecular complexity index is 831. The summed E-state index contributed by atoms with van der Waals surface area (Å²) in [5.74, 6) is -2.31. The molecule has 2 aromatic heterocycles. The van der Waals surface area contributed by atoms with Crippen molar-refractivity contribution in [3.63, 3.8) is 0 Å². The highest BCUT2D eigenvalue weighted by atomic mass is 19.4. The summed E-state index contributed by atoms with van der Waals surface area (Å²) < 4.78 is 117. The highest BCUT2D eigenvalue weighted by molar-refractivity contribution is 5.39. The Hall–Kier alpha value is -2.81. The van der Waals surface area contributed by atoms with E-state index in [9.17, 15) is 39.5 Å². The van der Waals surface area contributed by atoms with Gasteiger partial charge in [-0.15, -0.1) is 0 Å². The van der Waals surface area contributed by atoms with Crippen molar-refractivity contribution < 1.29 is 39.5 Å². The summed E-state index contributed by atoms with van der Waals surface area (Å²) in [4.78, 5) is 10.7. The SMILES string of the molecule is CCC(Nc1nc(NC(CC)C(F)(F)F)nc(-n2ccc(C(F)(F)F)n2)n1)C(F)(F)F. The van der Waals surface area contributed by atoms with Crippen molar-refractivity contribution in [3.8, 4) is 5.95 Å². The van der Waals surface area contributed by atoms with Gasteiger partial charge in [0, 0.05) is 6.20 Å². The van der Waals surface area contributed by atoms with E-state index in [-0.39, 0.29) is 0 Å². The van der Waals surface area contributed by atoms with Crippen LogP contribution in [0, 0.1) is 0 Å². The zero-order valence-corrected chi connectivity index (χ0v) is 15.9. The maximum Gasteiger partial charge on any atom is 0.435 e. The highest BCUT2D eigenvalue weighted by Gasteiger charge is 2.40. The topological polar surface area (TPSA) is 80.5 Å². The van der Waals surface area contributed by atoms with E-state index in [0.717, 1.165) is 6.20 Å². The van der Waals surface area contributed by atoms with Gasteiger partial charge in [-0.05, 0) is 18.9 Å². The molecule has 2 unspecified atom stereocenters. The lowest BCUT2D eigenvalue weighted by Crippen LogP contribution is -2.37. The molecule has 7 nitrogen and oxygen atoms in total. The molecule has 0 fully saturated rings. The van der Waals surface area contributed by atoms with Gasteiger partial charge in [-0.2, -0.15) is 59.6 Å². The fourth-order valence-corrected chi connectivity index (χ4v) is 2.33. The molecule has 16 heteroatoms. The molecule has 0 aliphatic carbocycles. The smallest absolute Gasteiger partial charge is 0.342 e. The monoisotopic (exact) mass is 465 g/mol. The van der Waals surface area contributed by atoms with Crippen LogP contribution >= 0.6 is 0 Å². The first-order chi connectivity index (χ1) is 14.1. The summed E-state index contributed by atoms with van der Waals surface area (Å²) >= 11 is 0. The van der Waals surface area contributed by atoms with Gasteiger partial charge in [-0.1, -0.05) is 13.8 Å². The molecule has 2 rings (SSSR count). The molecule has 0 aromatic carbocycles. The Morgan fingerprint density at radius 3 is 1.58 bits per heavy atom. The van der Waals surface area contributed by atoms with E-state index in [0.29, 0.717) is 10.7 Å². The zero-order chi connectivity index (χ0) is 23.6. The minimum Gasteiger partial charge on any atom is -0.342 e. The molecule has 0 amide bonds. The van der Waals surface area contributed by atoms with Gasteiger partial charge in [0.05, 0.1) is 0 Å². The van der Waals surface area contributed by atoms with Crippen LogP contribution in [-0.2, 0) is 6.18 Å². The van der Waals surface area contributed by atoms with Crippen molar-refractivity contribution in [2.24, 2.45) is 0 Å². The second kappa shape index (κ2) is 8.74. The van der Waals surface area contributed by atoms with Gasteiger partial charge in [0.15, 0.2) is 5.69 Å². The first-order valence-corrected chi connectivity index (χ1v) is 8.71. The average molecular weight is 465 g/mol. The molecule has 0 bridgehead atoms. The number of halogens is 9. The maximum atomic E-state index is 13.0. The van der Waals surface area contributed by atoms with Gasteiger partial charge in [-0.3, -0.25) is 0 Å². The Balaban J connectivity index is 2.50. The van der Waals surface area contributed by atoms with Crippen molar-refractivity contribution in [1.29, 1.82) is 0 Å². The Kier molecular flexibility index (Phi) is 6.90. The molecule has 174 valence electrons. The van der Waals surface area contributed by atoms with Crippen molar-refractivity contribution in [2.45, 2.75) is 57.3 Å². The van der Waals surface area contributed by atoms with Crippen LogP contribution in [0.15, 0.2) is 12.3 Å². The molecule has 0 spiro atoms. The number of anilines is 2. The van der Waals surface area contributed by atoms with Crippen LogP contribution in [0.25, 0.3) is 5.95 Å². The summed E-state index contributed by atoms with van der Waals surface area (Å²) in [5.41, 5.74) is -1.36. The Labute approximate surface area is 169 Å². The van der Waals surface area contributed by atoms with Gasteiger partial charge < -0.3 is 10.6 Å². The van der Waals surface area contributed by atoms with Gasteiger partial charge in [0.2, 0.25) is 11.9 Å². The summed E-state index contributed by atoms with van der Waals surface area (Å²) in [7, 11) is 0. The summed E-state index contributed by atoms with van der Waals surface area (Å²) in [5, 5.41) is 7.00. The largest absolute Gasteiger partial charge is 0.435 e. The number of hydrogen-bond donors (Lipinski definition) is 2. The summed E-state index contributed by atoms with van der Waals surface area (Å²) in [6.07, 6.45) is -14.5. The molecule has 2 N–H and O–H groups in total. The van der Waals surface area contributed by atoms with Crippen LogP contribution in [-0.4, -0.2) is 49.2 Å². The Morgan fingerprint density at radius 2 is 1.26 bits per heavy atom. The van der Waals surface area contributed by atoms with E-state index in [1.807, 2.05) is 10.6 Å². The molecule has 0 saturated carbocycles. The number of aromatic nitrogens is 5. The van der Waals surface area contributed by atoms with Crippen LogP contribution in [0.1, 0.15) is 32.4 Å². The second-order valence-electron chi connectivity index (χ2n) is 6.22. The highest BCUT2D eigenvalue weighted by Crippen LogP contribution is 2.29. The quantitative estimate of drug-likeness (QED) is 0.583. The van der Waals surface area contributed by atoms with E-state index >= 15 is 0 Å². The first kappa shape index (κ1) is 24.5. The zero-order valence-electron chi connectivity index (χ0n) is 15.9. The number of alkyl halides is 9. The lowest BCUT2D eigenvalue weighted by molar-refractivity contribution is -0.143. The predicted octanol–water partition coefficient (Wildman–Crippen LogP) is 4.58.